The van der Waals surface area contributed by atoms with Crippen LogP contribution in [-0.2, 0) is 15.1 Å². The van der Waals surface area contributed by atoms with Crippen molar-refractivity contribution in [3.63, 3.8) is 0 Å². The molecule has 4 aromatic rings. The van der Waals surface area contributed by atoms with Crippen LogP contribution in [0.3, 0.4) is 0 Å². The monoisotopic (exact) mass is 427 g/mol. The second-order valence-corrected chi connectivity index (χ2v) is 8.22. The van der Waals surface area contributed by atoms with Crippen LogP contribution in [0.1, 0.15) is 24.8 Å². The highest BCUT2D eigenvalue weighted by Crippen LogP contribution is 2.40. The van der Waals surface area contributed by atoms with Gasteiger partial charge in [0, 0.05) is 16.7 Å². The van der Waals surface area contributed by atoms with E-state index in [2.05, 4.69) is 41.1 Å². The number of hydrogen-bond donors (Lipinski definition) is 1. The van der Waals surface area contributed by atoms with Crippen molar-refractivity contribution >= 4 is 11.6 Å². The van der Waals surface area contributed by atoms with Crippen LogP contribution in [0.15, 0.2) is 72.9 Å². The Morgan fingerprint density at radius 3 is 2.44 bits per heavy atom. The van der Waals surface area contributed by atoms with Gasteiger partial charge in [0.25, 0.3) is 0 Å². The first-order chi connectivity index (χ1) is 15.6. The van der Waals surface area contributed by atoms with Crippen molar-refractivity contribution in [3.05, 3.63) is 78.5 Å². The summed E-state index contributed by atoms with van der Waals surface area (Å²) in [5.41, 5.74) is 12.2. The molecule has 0 radical (unpaired) electrons. The van der Waals surface area contributed by atoms with Gasteiger partial charge in [-0.1, -0.05) is 54.6 Å². The fourth-order valence-corrected chi connectivity index (χ4v) is 4.19. The van der Waals surface area contributed by atoms with Crippen LogP contribution in [0.4, 0.5) is 0 Å². The minimum Gasteiger partial charge on any atom is -0.480 e. The Morgan fingerprint density at radius 2 is 1.78 bits per heavy atom. The van der Waals surface area contributed by atoms with Gasteiger partial charge in [-0.15, -0.1) is 0 Å². The van der Waals surface area contributed by atoms with E-state index in [1.807, 2.05) is 40.9 Å². The third-order valence-corrected chi connectivity index (χ3v) is 6.20. The summed E-state index contributed by atoms with van der Waals surface area (Å²) in [6.45, 7) is -0.146. The number of nitrogens with two attached hydrogens (primary N) is 1. The zero-order chi connectivity index (χ0) is 22.1. The predicted molar refractivity (Wildman–Crippen MR) is 123 cm³/mol. The second kappa shape index (κ2) is 8.13. The van der Waals surface area contributed by atoms with E-state index >= 15 is 0 Å². The highest BCUT2D eigenvalue weighted by Gasteiger charge is 2.34. The third kappa shape index (κ3) is 3.63. The molecule has 2 aromatic carbocycles. The Morgan fingerprint density at radius 1 is 1.03 bits per heavy atom. The summed E-state index contributed by atoms with van der Waals surface area (Å²) in [5, 5.41) is 0. The van der Waals surface area contributed by atoms with Gasteiger partial charge in [0.05, 0.1) is 24.7 Å². The van der Waals surface area contributed by atoms with Gasteiger partial charge in [0.1, 0.15) is 11.4 Å². The minimum atomic E-state index is -0.427. The molecule has 2 heterocycles. The van der Waals surface area contributed by atoms with Crippen LogP contribution in [0.2, 0.25) is 0 Å². The summed E-state index contributed by atoms with van der Waals surface area (Å²) < 4.78 is 12.3. The van der Waals surface area contributed by atoms with E-state index in [1.54, 1.807) is 0 Å². The summed E-state index contributed by atoms with van der Waals surface area (Å²) in [5.74, 6) is 0.137. The topological polar surface area (TPSA) is 78.8 Å². The number of ether oxygens (including phenoxy) is 2. The quantitative estimate of drug-likeness (QED) is 0.457. The van der Waals surface area contributed by atoms with E-state index in [9.17, 15) is 4.79 Å². The first-order valence-corrected chi connectivity index (χ1v) is 10.7. The Hall–Kier alpha value is -3.64. The summed E-state index contributed by atoms with van der Waals surface area (Å²) in [4.78, 5) is 16.4. The van der Waals surface area contributed by atoms with Gasteiger partial charge in [-0.25, -0.2) is 9.78 Å². The summed E-state index contributed by atoms with van der Waals surface area (Å²) >= 11 is 0. The molecule has 1 fully saturated rings. The van der Waals surface area contributed by atoms with Crippen molar-refractivity contribution < 1.29 is 14.3 Å². The molecule has 6 nitrogen and oxygen atoms in total. The molecule has 0 amide bonds. The molecule has 5 rings (SSSR count). The Balaban J connectivity index is 1.59. The van der Waals surface area contributed by atoms with Crippen LogP contribution in [0.25, 0.3) is 28.2 Å². The molecular weight excluding hydrogens is 402 g/mol. The van der Waals surface area contributed by atoms with Crippen molar-refractivity contribution in [2.75, 3.05) is 13.7 Å². The highest BCUT2D eigenvalue weighted by molar-refractivity contribution is 5.82. The molecule has 2 N–H and O–H groups in total. The van der Waals surface area contributed by atoms with Gasteiger partial charge in [-0.05, 0) is 37.0 Å². The van der Waals surface area contributed by atoms with Gasteiger partial charge < -0.3 is 15.2 Å². The van der Waals surface area contributed by atoms with Crippen LogP contribution in [0.5, 0.6) is 5.75 Å². The SMILES string of the molecule is COC(=O)COc1ccc2nc(-c3ccc(C4(N)CCC4)cc3)c(-c3ccccc3)n2c1. The number of fused-ring (bicyclic) bond motifs is 1. The van der Waals surface area contributed by atoms with Crippen LogP contribution in [-0.4, -0.2) is 29.1 Å². The van der Waals surface area contributed by atoms with Crippen molar-refractivity contribution in [2.24, 2.45) is 5.73 Å². The van der Waals surface area contributed by atoms with E-state index in [-0.39, 0.29) is 12.1 Å². The van der Waals surface area contributed by atoms with Crippen LogP contribution in [0, 0.1) is 0 Å². The van der Waals surface area contributed by atoms with Gasteiger partial charge in [-0.2, -0.15) is 0 Å². The number of carbonyl (C=O) groups excluding carboxylic acids is 1. The molecule has 1 aliphatic carbocycles. The molecule has 0 saturated heterocycles. The lowest BCUT2D eigenvalue weighted by Crippen LogP contribution is -2.43. The van der Waals surface area contributed by atoms with Crippen molar-refractivity contribution in [1.29, 1.82) is 0 Å². The minimum absolute atomic E-state index is 0.146. The molecule has 1 aliphatic rings. The number of nitrogens with zero attached hydrogens (tertiary/aromatic N) is 2. The average molecular weight is 428 g/mol. The Kier molecular flexibility index (Phi) is 5.15. The summed E-state index contributed by atoms with van der Waals surface area (Å²) in [6, 6.07) is 22.3. The average Bonchev–Trinajstić information content (AvgIpc) is 3.20. The first kappa shape index (κ1) is 20.3. The standard InChI is InChI=1S/C26H25N3O3/c1-31-23(30)17-32-21-12-13-22-28-24(25(29(22)16-21)19-6-3-2-4-7-19)18-8-10-20(11-9-18)26(27)14-5-15-26/h2-4,6-13,16H,5,14-15,17,27H2,1H3. The molecule has 32 heavy (non-hydrogen) atoms. The first-order valence-electron chi connectivity index (χ1n) is 10.7. The molecule has 162 valence electrons. The second-order valence-electron chi connectivity index (χ2n) is 8.22. The lowest BCUT2D eigenvalue weighted by atomic mass is 9.72. The molecule has 6 heteroatoms. The number of benzene rings is 2. The van der Waals surface area contributed by atoms with Crippen molar-refractivity contribution in [1.82, 2.24) is 9.38 Å². The van der Waals surface area contributed by atoms with E-state index in [0.29, 0.717) is 5.75 Å². The van der Waals surface area contributed by atoms with Crippen LogP contribution < -0.4 is 10.5 Å². The van der Waals surface area contributed by atoms with Crippen molar-refractivity contribution in [2.45, 2.75) is 24.8 Å². The number of rotatable bonds is 6. The van der Waals surface area contributed by atoms with Crippen molar-refractivity contribution in [3.8, 4) is 28.3 Å². The summed E-state index contributed by atoms with van der Waals surface area (Å²) in [7, 11) is 1.34. The fourth-order valence-electron chi connectivity index (χ4n) is 4.19. The number of carbonyl (C=O) groups is 1. The molecule has 0 unspecified atom stereocenters. The Labute approximate surface area is 186 Å². The predicted octanol–water partition coefficient (Wildman–Crippen LogP) is 4.56. The largest absolute Gasteiger partial charge is 0.480 e. The number of esters is 1. The molecule has 0 aliphatic heterocycles. The number of imidazole rings is 1. The highest BCUT2D eigenvalue weighted by atomic mass is 16.6. The van der Waals surface area contributed by atoms with E-state index in [4.69, 9.17) is 15.5 Å². The lowest BCUT2D eigenvalue weighted by Gasteiger charge is -2.38. The van der Waals surface area contributed by atoms with Gasteiger partial charge >= 0.3 is 5.97 Å². The van der Waals surface area contributed by atoms with E-state index in [1.165, 1.54) is 19.1 Å². The fraction of sp³-hybridized carbons (Fsp3) is 0.231. The van der Waals surface area contributed by atoms with E-state index in [0.717, 1.165) is 41.0 Å². The molecule has 2 aromatic heterocycles. The van der Waals surface area contributed by atoms with Gasteiger partial charge in [0.15, 0.2) is 6.61 Å². The number of pyridine rings is 1. The maximum Gasteiger partial charge on any atom is 0.343 e. The van der Waals surface area contributed by atoms with Gasteiger partial charge in [0.2, 0.25) is 0 Å². The molecule has 0 bridgehead atoms. The van der Waals surface area contributed by atoms with Gasteiger partial charge in [-0.3, -0.25) is 4.40 Å². The maximum atomic E-state index is 11.5. The smallest absolute Gasteiger partial charge is 0.343 e. The Bertz CT molecular complexity index is 1260. The summed E-state index contributed by atoms with van der Waals surface area (Å²) in [6.07, 6.45) is 5.10. The normalized spacial score (nSPS) is 14.7. The molecule has 0 atom stereocenters. The number of hydrogen-bond acceptors (Lipinski definition) is 5. The molecular formula is C26H25N3O3. The zero-order valence-corrected chi connectivity index (χ0v) is 18.0. The number of aromatic nitrogens is 2. The third-order valence-electron chi connectivity index (χ3n) is 6.20. The lowest BCUT2D eigenvalue weighted by molar-refractivity contribution is -0.142. The number of methoxy groups -OCH3 is 1. The molecule has 0 spiro atoms. The molecule has 1 saturated carbocycles. The zero-order valence-electron chi connectivity index (χ0n) is 18.0. The van der Waals surface area contributed by atoms with E-state index < -0.39 is 5.97 Å². The maximum absolute atomic E-state index is 11.5. The van der Waals surface area contributed by atoms with Crippen LogP contribution >= 0.6 is 0 Å².